The van der Waals surface area contributed by atoms with Gasteiger partial charge < -0.3 is 8.83 Å². The first kappa shape index (κ1) is 39.3. The van der Waals surface area contributed by atoms with Crippen LogP contribution in [0, 0.1) is 0 Å². The van der Waals surface area contributed by atoms with Crippen LogP contribution in [0.4, 0.5) is 0 Å². The van der Waals surface area contributed by atoms with Crippen LogP contribution in [0.25, 0.3) is 117 Å². The summed E-state index contributed by atoms with van der Waals surface area (Å²) in [7, 11) is 0. The summed E-state index contributed by atoms with van der Waals surface area (Å²) in [6, 6.07) is 60.3. The van der Waals surface area contributed by atoms with Crippen molar-refractivity contribution < 1.29 is 8.83 Å². The Kier molecular flexibility index (Phi) is 8.63. The second-order valence-corrected chi connectivity index (χ2v) is 18.4. The molecule has 0 fully saturated rings. The van der Waals surface area contributed by atoms with Crippen molar-refractivity contribution in [3.63, 3.8) is 0 Å². The van der Waals surface area contributed by atoms with E-state index in [2.05, 4.69) is 159 Å². The Morgan fingerprint density at radius 1 is 0.493 bits per heavy atom. The van der Waals surface area contributed by atoms with Crippen LogP contribution in [0.1, 0.15) is 62.8 Å². The third-order valence-corrected chi connectivity index (χ3v) is 14.3. The van der Waals surface area contributed by atoms with Crippen LogP contribution in [-0.4, -0.2) is 19.5 Å². The van der Waals surface area contributed by atoms with Gasteiger partial charge in [0.25, 0.3) is 0 Å². The minimum atomic E-state index is -0.221. The Bertz CT molecular complexity index is 3860. The molecule has 0 N–H and O–H groups in total. The molecule has 0 amide bonds. The van der Waals surface area contributed by atoms with E-state index in [1.807, 2.05) is 50.2 Å². The van der Waals surface area contributed by atoms with Crippen LogP contribution in [0.5, 0.6) is 0 Å². The van der Waals surface area contributed by atoms with Crippen LogP contribution in [0.2, 0.25) is 0 Å². The molecule has 2 aliphatic carbocycles. The average Bonchev–Trinajstić information content (AvgIpc) is 4.11. The Balaban J connectivity index is 0.00000220. The molecule has 0 aliphatic heterocycles. The smallest absolute Gasteiger partial charge is 0.238 e. The summed E-state index contributed by atoms with van der Waals surface area (Å²) in [5, 5.41) is 5.47. The summed E-state index contributed by atoms with van der Waals surface area (Å²) in [4.78, 5) is 16.4. The van der Waals surface area contributed by atoms with Crippen molar-refractivity contribution in [2.75, 3.05) is 0 Å². The number of benzene rings is 8. The van der Waals surface area contributed by atoms with Crippen LogP contribution in [-0.2, 0) is 11.8 Å². The highest BCUT2D eigenvalue weighted by Crippen LogP contribution is 2.54. The van der Waals surface area contributed by atoms with Gasteiger partial charge in [0.15, 0.2) is 11.6 Å². The average molecular weight is 867 g/mol. The first-order valence-corrected chi connectivity index (χ1v) is 23.5. The van der Waals surface area contributed by atoms with Gasteiger partial charge in [0.05, 0.1) is 11.2 Å². The van der Waals surface area contributed by atoms with Crippen molar-refractivity contribution in [3.8, 4) is 62.2 Å². The van der Waals surface area contributed by atoms with E-state index in [1.165, 1.54) is 49.9 Å². The summed E-state index contributed by atoms with van der Waals surface area (Å²) in [5.41, 5.74) is 18.4. The molecule has 8 aromatic carbocycles. The van der Waals surface area contributed by atoms with Crippen LogP contribution in [0.3, 0.4) is 0 Å². The third-order valence-electron chi connectivity index (χ3n) is 14.3. The maximum absolute atomic E-state index is 6.44. The molecule has 12 aromatic rings. The molecule has 6 nitrogen and oxygen atoms in total. The Morgan fingerprint density at radius 2 is 1.00 bits per heavy atom. The van der Waals surface area contributed by atoms with Gasteiger partial charge in [0.1, 0.15) is 22.3 Å². The minimum Gasteiger partial charge on any atom is -0.456 e. The molecule has 4 heterocycles. The van der Waals surface area contributed by atoms with Crippen LogP contribution < -0.4 is 0 Å². The van der Waals surface area contributed by atoms with Crippen molar-refractivity contribution in [2.24, 2.45) is 0 Å². The molecule has 1 atom stereocenters. The number of hydrogen-bond acceptors (Lipinski definition) is 5. The van der Waals surface area contributed by atoms with Crippen molar-refractivity contribution >= 4 is 54.8 Å². The van der Waals surface area contributed by atoms with E-state index in [9.17, 15) is 0 Å². The standard InChI is InChI=1S/C59H40N4O2.C2H6/c1-33-30-47-46-22-13-21-45(43-20-12-19-42-37-15-6-9-23-48(37)59(2,3)53(42)43)54(46)63(55(47)44-18-5-4-14-36(33)44)58-61-56(34-26-28-40-38-16-7-10-24-49(38)64-51(40)31-34)60-57(62-58)35-27-29-41-39-17-8-11-25-50(39)65-52(41)32-35;1-2/h4-29,31-33H,30H2,1-3H3;1-2H3. The fourth-order valence-electron chi connectivity index (χ4n) is 11.4. The largest absolute Gasteiger partial charge is 0.456 e. The second-order valence-electron chi connectivity index (χ2n) is 18.4. The molecule has 4 aromatic heterocycles. The summed E-state index contributed by atoms with van der Waals surface area (Å²) >= 11 is 0. The lowest BCUT2D eigenvalue weighted by atomic mass is 9.78. The minimum absolute atomic E-state index is 0.221. The highest BCUT2D eigenvalue weighted by atomic mass is 16.3. The van der Waals surface area contributed by atoms with Crippen LogP contribution in [0.15, 0.2) is 179 Å². The lowest BCUT2D eigenvalue weighted by Gasteiger charge is -2.25. The van der Waals surface area contributed by atoms with E-state index in [4.69, 9.17) is 23.8 Å². The summed E-state index contributed by atoms with van der Waals surface area (Å²) in [6.45, 7) is 11.1. The molecule has 0 saturated carbocycles. The third kappa shape index (κ3) is 5.72. The number of nitrogens with zero attached hydrogens (tertiary/aromatic N) is 4. The van der Waals surface area contributed by atoms with Crippen molar-refractivity contribution in [3.05, 3.63) is 192 Å². The normalized spacial score (nSPS) is 14.6. The van der Waals surface area contributed by atoms with Crippen molar-refractivity contribution in [1.82, 2.24) is 19.5 Å². The van der Waals surface area contributed by atoms with Crippen molar-refractivity contribution in [2.45, 2.75) is 52.4 Å². The van der Waals surface area contributed by atoms with E-state index in [1.54, 1.807) is 0 Å². The second kappa shape index (κ2) is 14.7. The van der Waals surface area contributed by atoms with Gasteiger partial charge in [-0.05, 0) is 87.7 Å². The molecule has 14 rings (SSSR count). The van der Waals surface area contributed by atoms with Gasteiger partial charge >= 0.3 is 0 Å². The molecule has 0 spiro atoms. The summed E-state index contributed by atoms with van der Waals surface area (Å²) in [6.07, 6.45) is 0.888. The number of para-hydroxylation sites is 3. The first-order chi connectivity index (χ1) is 32.9. The molecule has 0 radical (unpaired) electrons. The Morgan fingerprint density at radius 3 is 1.67 bits per heavy atom. The van der Waals surface area contributed by atoms with Gasteiger partial charge in [0.2, 0.25) is 5.95 Å². The highest BCUT2D eigenvalue weighted by molar-refractivity contribution is 6.08. The summed E-state index contributed by atoms with van der Waals surface area (Å²) < 4.78 is 15.2. The zero-order chi connectivity index (χ0) is 45.1. The van der Waals surface area contributed by atoms with Gasteiger partial charge in [-0.1, -0.05) is 168 Å². The fraction of sp³-hybridized carbons (Fsp3) is 0.131. The molecular weight excluding hydrogens is 821 g/mol. The van der Waals surface area contributed by atoms with Crippen LogP contribution >= 0.6 is 0 Å². The molecule has 67 heavy (non-hydrogen) atoms. The lowest BCUT2D eigenvalue weighted by Crippen LogP contribution is -2.16. The molecule has 1 unspecified atom stereocenters. The van der Waals surface area contributed by atoms with Gasteiger partial charge in [-0.15, -0.1) is 0 Å². The zero-order valence-electron chi connectivity index (χ0n) is 38.1. The Labute approximate surface area is 388 Å². The molecule has 0 saturated heterocycles. The molecule has 6 heteroatoms. The van der Waals surface area contributed by atoms with Gasteiger partial charge in [0, 0.05) is 54.6 Å². The topological polar surface area (TPSA) is 69.9 Å². The van der Waals surface area contributed by atoms with E-state index in [0.717, 1.165) is 78.2 Å². The molecule has 2 aliphatic rings. The van der Waals surface area contributed by atoms with E-state index in [0.29, 0.717) is 23.5 Å². The van der Waals surface area contributed by atoms with Gasteiger partial charge in [-0.25, -0.2) is 4.98 Å². The number of fused-ring (bicyclic) bond motifs is 14. The number of furan rings is 2. The predicted molar refractivity (Wildman–Crippen MR) is 274 cm³/mol. The number of aromatic nitrogens is 4. The van der Waals surface area contributed by atoms with E-state index in [-0.39, 0.29) is 5.41 Å². The van der Waals surface area contributed by atoms with E-state index >= 15 is 0 Å². The Hall–Kier alpha value is -8.09. The number of hydrogen-bond donors (Lipinski definition) is 0. The van der Waals surface area contributed by atoms with Gasteiger partial charge in [-0.3, -0.25) is 4.57 Å². The predicted octanol–water partition coefficient (Wildman–Crippen LogP) is 16.3. The van der Waals surface area contributed by atoms with Gasteiger partial charge in [-0.2, -0.15) is 9.97 Å². The highest BCUT2D eigenvalue weighted by Gasteiger charge is 2.39. The summed E-state index contributed by atoms with van der Waals surface area (Å²) in [5.74, 6) is 1.99. The quantitative estimate of drug-likeness (QED) is 0.176. The lowest BCUT2D eigenvalue weighted by molar-refractivity contribution is 0.662. The monoisotopic (exact) mass is 866 g/mol. The van der Waals surface area contributed by atoms with E-state index < -0.39 is 0 Å². The molecular formula is C61H46N4O2. The maximum atomic E-state index is 6.44. The first-order valence-electron chi connectivity index (χ1n) is 23.5. The van der Waals surface area contributed by atoms with Crippen molar-refractivity contribution in [1.29, 1.82) is 0 Å². The maximum Gasteiger partial charge on any atom is 0.238 e. The zero-order valence-corrected chi connectivity index (χ0v) is 38.1. The number of rotatable bonds is 4. The molecule has 322 valence electrons. The SMILES string of the molecule is CC.CC1Cc2c(n(-c3nc(-c4ccc5c(c4)oc4ccccc45)nc(-c4ccc5c(c4)oc4ccccc45)n3)c3c(-c4cccc5c4C(C)(C)c4ccccc4-5)cccc23)-c2ccccc21. The fourth-order valence-corrected chi connectivity index (χ4v) is 11.4. The molecule has 0 bridgehead atoms.